The first-order chi connectivity index (χ1) is 7.16. The zero-order chi connectivity index (χ0) is 10.8. The van der Waals surface area contributed by atoms with Gasteiger partial charge < -0.3 is 9.30 Å². The van der Waals surface area contributed by atoms with Gasteiger partial charge in [0.15, 0.2) is 5.65 Å². The number of hydrogen-bond donors (Lipinski definition) is 0. The molecule has 0 atom stereocenters. The van der Waals surface area contributed by atoms with Crippen molar-refractivity contribution in [3.8, 4) is 0 Å². The van der Waals surface area contributed by atoms with Gasteiger partial charge in [-0.3, -0.25) is 0 Å². The summed E-state index contributed by atoms with van der Waals surface area (Å²) in [5.41, 5.74) is 2.13. The van der Waals surface area contributed by atoms with Crippen molar-refractivity contribution < 1.29 is 0 Å². The largest absolute Gasteiger partial charge is 0.309 e. The minimum absolute atomic E-state index is 0.987. The Balaban J connectivity index is 2.27. The van der Waals surface area contributed by atoms with Crippen molar-refractivity contribution in [1.82, 2.24) is 14.3 Å². The highest BCUT2D eigenvalue weighted by atomic mass is 79.9. The average Bonchev–Trinajstić information content (AvgIpc) is 2.59. The van der Waals surface area contributed by atoms with Crippen LogP contribution in [-0.2, 0) is 6.42 Å². The Morgan fingerprint density at radius 2 is 2.27 bits per heavy atom. The molecule has 0 radical (unpaired) electrons. The van der Waals surface area contributed by atoms with Gasteiger partial charge in [0, 0.05) is 25.4 Å². The third-order valence-electron chi connectivity index (χ3n) is 2.30. The number of imidazole rings is 1. The summed E-state index contributed by atoms with van der Waals surface area (Å²) in [4.78, 5) is 6.74. The summed E-state index contributed by atoms with van der Waals surface area (Å²) in [5.74, 6) is 0. The van der Waals surface area contributed by atoms with Gasteiger partial charge in [-0.25, -0.2) is 4.98 Å². The predicted molar refractivity (Wildman–Crippen MR) is 65.2 cm³/mol. The third kappa shape index (κ3) is 2.38. The van der Waals surface area contributed by atoms with Crippen LogP contribution in [-0.4, -0.2) is 34.9 Å². The monoisotopic (exact) mass is 267 g/mol. The van der Waals surface area contributed by atoms with Crippen LogP contribution in [0.4, 0.5) is 0 Å². The van der Waals surface area contributed by atoms with Crippen molar-refractivity contribution in [2.75, 3.05) is 20.6 Å². The number of likely N-dealkylation sites (N-methyl/N-ethyl adjacent to an activating group) is 1. The van der Waals surface area contributed by atoms with E-state index in [0.717, 1.165) is 28.8 Å². The van der Waals surface area contributed by atoms with Crippen LogP contribution in [0.5, 0.6) is 0 Å². The van der Waals surface area contributed by atoms with E-state index in [2.05, 4.69) is 50.5 Å². The molecule has 0 N–H and O–H groups in total. The maximum absolute atomic E-state index is 4.57. The van der Waals surface area contributed by atoms with Crippen molar-refractivity contribution in [3.05, 3.63) is 34.7 Å². The van der Waals surface area contributed by atoms with E-state index in [9.17, 15) is 0 Å². The van der Waals surface area contributed by atoms with Crippen LogP contribution < -0.4 is 0 Å². The molecule has 0 aliphatic rings. The molecule has 4 heteroatoms. The summed E-state index contributed by atoms with van der Waals surface area (Å²) < 4.78 is 3.09. The van der Waals surface area contributed by atoms with Gasteiger partial charge in [0.1, 0.15) is 0 Å². The molecule has 0 bridgehead atoms. The van der Waals surface area contributed by atoms with Crippen molar-refractivity contribution in [1.29, 1.82) is 0 Å². The molecule has 2 aromatic heterocycles. The van der Waals surface area contributed by atoms with Gasteiger partial charge in [-0.05, 0) is 42.2 Å². The second-order valence-corrected chi connectivity index (χ2v) is 4.73. The van der Waals surface area contributed by atoms with Gasteiger partial charge >= 0.3 is 0 Å². The minimum Gasteiger partial charge on any atom is -0.309 e. The standard InChI is InChI=1S/C11H14BrN3/c1-14(2)7-5-9-8-15-6-3-4-10(12)11(15)13-9/h3-4,6,8H,5,7H2,1-2H3. The van der Waals surface area contributed by atoms with Gasteiger partial charge in [-0.2, -0.15) is 0 Å². The number of hydrogen-bond acceptors (Lipinski definition) is 2. The van der Waals surface area contributed by atoms with Crippen LogP contribution in [0.1, 0.15) is 5.69 Å². The fraction of sp³-hybridized carbons (Fsp3) is 0.364. The van der Waals surface area contributed by atoms with Crippen molar-refractivity contribution in [3.63, 3.8) is 0 Å². The van der Waals surface area contributed by atoms with Crippen molar-refractivity contribution in [2.45, 2.75) is 6.42 Å². The Hall–Kier alpha value is -0.870. The Morgan fingerprint density at radius 3 is 2.93 bits per heavy atom. The molecule has 2 heterocycles. The number of nitrogens with zero attached hydrogens (tertiary/aromatic N) is 3. The second-order valence-electron chi connectivity index (χ2n) is 3.87. The van der Waals surface area contributed by atoms with E-state index in [1.54, 1.807) is 0 Å². The number of pyridine rings is 1. The molecule has 0 fully saturated rings. The first kappa shape index (κ1) is 10.6. The topological polar surface area (TPSA) is 20.5 Å². The quantitative estimate of drug-likeness (QED) is 0.850. The molecule has 0 aliphatic heterocycles. The summed E-state index contributed by atoms with van der Waals surface area (Å²) in [6.45, 7) is 1.03. The SMILES string of the molecule is CN(C)CCc1cn2cccc(Br)c2n1. The van der Waals surface area contributed by atoms with Gasteiger partial charge in [0.2, 0.25) is 0 Å². The van der Waals surface area contributed by atoms with E-state index >= 15 is 0 Å². The maximum atomic E-state index is 4.57. The molecule has 2 rings (SSSR count). The Labute approximate surface area is 97.9 Å². The fourth-order valence-electron chi connectivity index (χ4n) is 1.49. The lowest BCUT2D eigenvalue weighted by molar-refractivity contribution is 0.412. The highest BCUT2D eigenvalue weighted by Gasteiger charge is 2.04. The zero-order valence-corrected chi connectivity index (χ0v) is 10.5. The van der Waals surface area contributed by atoms with Crippen LogP contribution in [0.3, 0.4) is 0 Å². The number of fused-ring (bicyclic) bond motifs is 1. The molecule has 15 heavy (non-hydrogen) atoms. The average molecular weight is 268 g/mol. The van der Waals surface area contributed by atoms with Crippen LogP contribution in [0, 0.1) is 0 Å². The first-order valence-electron chi connectivity index (χ1n) is 4.93. The lowest BCUT2D eigenvalue weighted by Crippen LogP contribution is -2.15. The van der Waals surface area contributed by atoms with Crippen molar-refractivity contribution in [2.24, 2.45) is 0 Å². The summed E-state index contributed by atoms with van der Waals surface area (Å²) in [6.07, 6.45) is 5.09. The molecule has 0 spiro atoms. The summed E-state index contributed by atoms with van der Waals surface area (Å²) in [5, 5.41) is 0. The van der Waals surface area contributed by atoms with E-state index in [1.807, 2.05) is 18.3 Å². The maximum Gasteiger partial charge on any atom is 0.151 e. The summed E-state index contributed by atoms with van der Waals surface area (Å²) in [7, 11) is 4.15. The highest BCUT2D eigenvalue weighted by Crippen LogP contribution is 2.17. The number of rotatable bonds is 3. The number of halogens is 1. The van der Waals surface area contributed by atoms with Crippen molar-refractivity contribution >= 4 is 21.6 Å². The van der Waals surface area contributed by atoms with Crippen LogP contribution in [0.2, 0.25) is 0 Å². The van der Waals surface area contributed by atoms with Gasteiger partial charge in [0.25, 0.3) is 0 Å². The lowest BCUT2D eigenvalue weighted by Gasteiger charge is -2.06. The smallest absolute Gasteiger partial charge is 0.151 e. The first-order valence-corrected chi connectivity index (χ1v) is 5.73. The molecule has 0 unspecified atom stereocenters. The third-order valence-corrected chi connectivity index (χ3v) is 2.92. The van der Waals surface area contributed by atoms with Crippen LogP contribution in [0.15, 0.2) is 29.0 Å². The highest BCUT2D eigenvalue weighted by molar-refractivity contribution is 9.10. The molecule has 0 saturated heterocycles. The number of aromatic nitrogens is 2. The minimum atomic E-state index is 0.987. The van der Waals surface area contributed by atoms with Crippen LogP contribution in [0.25, 0.3) is 5.65 Å². The zero-order valence-electron chi connectivity index (χ0n) is 8.94. The van der Waals surface area contributed by atoms with Crippen LogP contribution >= 0.6 is 15.9 Å². The molecule has 0 saturated carbocycles. The van der Waals surface area contributed by atoms with E-state index in [0.29, 0.717) is 0 Å². The van der Waals surface area contributed by atoms with E-state index in [4.69, 9.17) is 0 Å². The Bertz CT molecular complexity index is 462. The van der Waals surface area contributed by atoms with Gasteiger partial charge in [-0.15, -0.1) is 0 Å². The lowest BCUT2D eigenvalue weighted by atomic mass is 10.3. The molecular formula is C11H14BrN3. The fourth-order valence-corrected chi connectivity index (χ4v) is 1.93. The summed E-state index contributed by atoms with van der Waals surface area (Å²) >= 11 is 3.50. The molecule has 80 valence electrons. The Morgan fingerprint density at radius 1 is 1.47 bits per heavy atom. The molecule has 3 nitrogen and oxygen atoms in total. The molecular weight excluding hydrogens is 254 g/mol. The normalized spacial score (nSPS) is 11.5. The van der Waals surface area contributed by atoms with Gasteiger partial charge in [-0.1, -0.05) is 0 Å². The van der Waals surface area contributed by atoms with E-state index in [1.165, 1.54) is 0 Å². The van der Waals surface area contributed by atoms with E-state index < -0.39 is 0 Å². The molecule has 0 aliphatic carbocycles. The predicted octanol–water partition coefficient (Wildman–Crippen LogP) is 2.20. The molecule has 2 aromatic rings. The van der Waals surface area contributed by atoms with E-state index in [-0.39, 0.29) is 0 Å². The molecule has 0 amide bonds. The Kier molecular flexibility index (Phi) is 3.07. The van der Waals surface area contributed by atoms with Gasteiger partial charge in [0.05, 0.1) is 10.2 Å². The summed E-state index contributed by atoms with van der Waals surface area (Å²) in [6, 6.07) is 4.02. The molecule has 0 aromatic carbocycles. The second kappa shape index (κ2) is 4.33.